The number of methoxy groups -OCH3 is 2. The van der Waals surface area contributed by atoms with E-state index >= 15 is 0 Å². The van der Waals surface area contributed by atoms with E-state index in [0.29, 0.717) is 36.8 Å². The van der Waals surface area contributed by atoms with Crippen molar-refractivity contribution in [3.63, 3.8) is 0 Å². The monoisotopic (exact) mass is 415 g/mol. The third kappa shape index (κ3) is 4.22. The van der Waals surface area contributed by atoms with Gasteiger partial charge in [0.25, 0.3) is 0 Å². The van der Waals surface area contributed by atoms with Crippen LogP contribution >= 0.6 is 0 Å². The topological polar surface area (TPSA) is 88.2 Å². The van der Waals surface area contributed by atoms with Gasteiger partial charge in [0.1, 0.15) is 11.5 Å². The summed E-state index contributed by atoms with van der Waals surface area (Å²) in [7, 11) is 3.12. The Kier molecular flexibility index (Phi) is 5.83. The lowest BCUT2D eigenvalue weighted by atomic mass is 10.0. The van der Waals surface area contributed by atoms with Crippen LogP contribution in [0.3, 0.4) is 0 Å². The lowest BCUT2D eigenvalue weighted by Gasteiger charge is -2.33. The van der Waals surface area contributed by atoms with Gasteiger partial charge in [-0.2, -0.15) is 0 Å². The minimum absolute atomic E-state index is 0.0521. The molecule has 1 aliphatic carbocycles. The molecule has 162 valence electrons. The number of carbonyl (C=O) groups is 3. The Morgan fingerprint density at radius 1 is 1.03 bits per heavy atom. The van der Waals surface area contributed by atoms with Crippen LogP contribution in [-0.2, 0) is 14.4 Å². The Hall–Kier alpha value is -2.77. The molecule has 2 heterocycles. The summed E-state index contributed by atoms with van der Waals surface area (Å²) in [6, 6.07) is 5.33. The summed E-state index contributed by atoms with van der Waals surface area (Å²) in [6.45, 7) is 1.70. The number of rotatable bonds is 6. The lowest BCUT2D eigenvalue weighted by molar-refractivity contribution is -0.134. The summed E-state index contributed by atoms with van der Waals surface area (Å²) in [4.78, 5) is 41.2. The number of ether oxygens (including phenoxy) is 2. The predicted octanol–water partition coefficient (Wildman–Crippen LogP) is 1.57. The van der Waals surface area contributed by atoms with Crippen molar-refractivity contribution in [3.05, 3.63) is 18.2 Å². The van der Waals surface area contributed by atoms with E-state index in [4.69, 9.17) is 9.47 Å². The fourth-order valence-electron chi connectivity index (χ4n) is 4.28. The van der Waals surface area contributed by atoms with Crippen LogP contribution in [0.5, 0.6) is 11.5 Å². The third-order valence-electron chi connectivity index (χ3n) is 6.25. The molecular weight excluding hydrogens is 386 g/mol. The highest BCUT2D eigenvalue weighted by molar-refractivity contribution is 6.01. The number of hydrogen-bond acceptors (Lipinski definition) is 5. The fourth-order valence-corrected chi connectivity index (χ4v) is 4.28. The minimum atomic E-state index is -0.403. The van der Waals surface area contributed by atoms with Gasteiger partial charge in [-0.3, -0.25) is 14.4 Å². The standard InChI is InChI=1S/C22H29N3O5/c1-29-17-5-6-19(30-2)18(12-17)25-13-15(11-20(25)26)21(27)23-16-7-9-24(10-8-16)22(28)14-3-4-14/h5-6,12,14-16H,3-4,7-11,13H2,1-2H3,(H,23,27)/t15-/m0/s1. The third-order valence-corrected chi connectivity index (χ3v) is 6.25. The van der Waals surface area contributed by atoms with Gasteiger partial charge in [0, 0.05) is 44.1 Å². The number of piperidine rings is 1. The van der Waals surface area contributed by atoms with Crippen molar-refractivity contribution < 1.29 is 23.9 Å². The molecule has 0 spiro atoms. The molecule has 8 heteroatoms. The van der Waals surface area contributed by atoms with Gasteiger partial charge < -0.3 is 24.6 Å². The number of amides is 3. The smallest absolute Gasteiger partial charge is 0.227 e. The highest BCUT2D eigenvalue weighted by atomic mass is 16.5. The Balaban J connectivity index is 1.34. The van der Waals surface area contributed by atoms with Gasteiger partial charge in [-0.05, 0) is 37.8 Å². The highest BCUT2D eigenvalue weighted by Crippen LogP contribution is 2.36. The number of likely N-dealkylation sites (tertiary alicyclic amines) is 1. The molecule has 1 saturated carbocycles. The first-order valence-corrected chi connectivity index (χ1v) is 10.6. The van der Waals surface area contributed by atoms with Crippen molar-refractivity contribution in [2.75, 3.05) is 38.8 Å². The quantitative estimate of drug-likeness (QED) is 0.762. The maximum Gasteiger partial charge on any atom is 0.227 e. The molecule has 3 fully saturated rings. The highest BCUT2D eigenvalue weighted by Gasteiger charge is 2.38. The first kappa shape index (κ1) is 20.5. The maximum absolute atomic E-state index is 12.8. The van der Waals surface area contributed by atoms with Crippen molar-refractivity contribution in [2.24, 2.45) is 11.8 Å². The van der Waals surface area contributed by atoms with Crippen molar-refractivity contribution >= 4 is 23.4 Å². The number of nitrogens with one attached hydrogen (secondary N) is 1. The molecule has 3 aliphatic rings. The molecular formula is C22H29N3O5. The number of anilines is 1. The zero-order valence-corrected chi connectivity index (χ0v) is 17.6. The number of carbonyl (C=O) groups excluding carboxylic acids is 3. The normalized spacial score (nSPS) is 22.2. The molecule has 2 aliphatic heterocycles. The van der Waals surface area contributed by atoms with E-state index in [2.05, 4.69) is 5.32 Å². The minimum Gasteiger partial charge on any atom is -0.497 e. The summed E-state index contributed by atoms with van der Waals surface area (Å²) in [5.41, 5.74) is 0.615. The molecule has 0 unspecified atom stereocenters. The summed E-state index contributed by atoms with van der Waals surface area (Å²) in [5.74, 6) is 1.09. The van der Waals surface area contributed by atoms with Crippen LogP contribution in [0.1, 0.15) is 32.1 Å². The first-order chi connectivity index (χ1) is 14.5. The largest absolute Gasteiger partial charge is 0.497 e. The van der Waals surface area contributed by atoms with Gasteiger partial charge >= 0.3 is 0 Å². The molecule has 1 aromatic carbocycles. The molecule has 1 N–H and O–H groups in total. The van der Waals surface area contributed by atoms with E-state index in [0.717, 1.165) is 25.7 Å². The molecule has 1 aromatic rings. The number of benzene rings is 1. The van der Waals surface area contributed by atoms with Crippen LogP contribution < -0.4 is 19.7 Å². The second-order valence-electron chi connectivity index (χ2n) is 8.33. The van der Waals surface area contributed by atoms with Crippen LogP contribution in [0.2, 0.25) is 0 Å². The maximum atomic E-state index is 12.8. The second kappa shape index (κ2) is 8.53. The van der Waals surface area contributed by atoms with Gasteiger partial charge in [0.05, 0.1) is 25.8 Å². The molecule has 30 heavy (non-hydrogen) atoms. The average Bonchev–Trinajstić information content (AvgIpc) is 3.54. The van der Waals surface area contributed by atoms with Crippen molar-refractivity contribution in [1.82, 2.24) is 10.2 Å². The summed E-state index contributed by atoms with van der Waals surface area (Å²) in [5, 5.41) is 3.10. The van der Waals surface area contributed by atoms with Crippen molar-refractivity contribution in [1.29, 1.82) is 0 Å². The predicted molar refractivity (Wildman–Crippen MR) is 110 cm³/mol. The lowest BCUT2D eigenvalue weighted by Crippen LogP contribution is -2.48. The van der Waals surface area contributed by atoms with E-state index < -0.39 is 5.92 Å². The van der Waals surface area contributed by atoms with Crippen LogP contribution in [0, 0.1) is 11.8 Å². The zero-order chi connectivity index (χ0) is 21.3. The number of nitrogens with zero attached hydrogens (tertiary/aromatic N) is 2. The summed E-state index contributed by atoms with van der Waals surface area (Å²) >= 11 is 0. The van der Waals surface area contributed by atoms with Crippen LogP contribution in [0.4, 0.5) is 5.69 Å². The molecule has 4 rings (SSSR count). The van der Waals surface area contributed by atoms with E-state index in [1.54, 1.807) is 37.3 Å². The van der Waals surface area contributed by atoms with Crippen molar-refractivity contribution in [2.45, 2.75) is 38.1 Å². The average molecular weight is 415 g/mol. The van der Waals surface area contributed by atoms with Gasteiger partial charge in [-0.1, -0.05) is 0 Å². The molecule has 0 aromatic heterocycles. The molecule has 0 radical (unpaired) electrons. The van der Waals surface area contributed by atoms with Gasteiger partial charge in [0.15, 0.2) is 0 Å². The molecule has 1 atom stereocenters. The summed E-state index contributed by atoms with van der Waals surface area (Å²) < 4.78 is 10.7. The Morgan fingerprint density at radius 3 is 2.40 bits per heavy atom. The molecule has 0 bridgehead atoms. The Morgan fingerprint density at radius 2 is 1.77 bits per heavy atom. The molecule has 3 amide bonds. The first-order valence-electron chi connectivity index (χ1n) is 10.6. The Bertz CT molecular complexity index is 830. The van der Waals surface area contributed by atoms with Gasteiger partial charge in [0.2, 0.25) is 17.7 Å². The van der Waals surface area contributed by atoms with E-state index in [1.807, 2.05) is 4.90 Å². The zero-order valence-electron chi connectivity index (χ0n) is 17.6. The van der Waals surface area contributed by atoms with E-state index in [9.17, 15) is 14.4 Å². The van der Waals surface area contributed by atoms with Gasteiger partial charge in [-0.25, -0.2) is 0 Å². The SMILES string of the molecule is COc1ccc(OC)c(N2C[C@@H](C(=O)NC3CCN(C(=O)C4CC4)CC3)CC2=O)c1. The van der Waals surface area contributed by atoms with E-state index in [-0.39, 0.29) is 36.1 Å². The molecule has 8 nitrogen and oxygen atoms in total. The van der Waals surface area contributed by atoms with Crippen LogP contribution in [0.25, 0.3) is 0 Å². The Labute approximate surface area is 176 Å². The van der Waals surface area contributed by atoms with Crippen LogP contribution in [0.15, 0.2) is 18.2 Å². The number of hydrogen-bond donors (Lipinski definition) is 1. The second-order valence-corrected chi connectivity index (χ2v) is 8.33. The fraction of sp³-hybridized carbons (Fsp3) is 0.591. The molecule has 2 saturated heterocycles. The summed E-state index contributed by atoms with van der Waals surface area (Å²) in [6.07, 6.45) is 3.72. The van der Waals surface area contributed by atoms with Crippen LogP contribution in [-0.4, -0.2) is 62.5 Å². The van der Waals surface area contributed by atoms with Crippen molar-refractivity contribution in [3.8, 4) is 11.5 Å². The van der Waals surface area contributed by atoms with E-state index in [1.165, 1.54) is 0 Å². The van der Waals surface area contributed by atoms with Gasteiger partial charge in [-0.15, -0.1) is 0 Å².